The van der Waals surface area contributed by atoms with Gasteiger partial charge in [0.15, 0.2) is 22.5 Å². The Hall–Kier alpha value is -4.46. The predicted molar refractivity (Wildman–Crippen MR) is 209 cm³/mol. The van der Waals surface area contributed by atoms with E-state index in [0.29, 0.717) is 30.4 Å². The monoisotopic (exact) mass is 748 g/mol. The number of anilines is 4. The maximum Gasteiger partial charge on any atom is 0.357 e. The third-order valence-electron chi connectivity index (χ3n) is 12.5. The first-order valence-electron chi connectivity index (χ1n) is 19.1. The van der Waals surface area contributed by atoms with Crippen molar-refractivity contribution >= 4 is 50.1 Å². The van der Waals surface area contributed by atoms with Crippen molar-refractivity contribution in [1.29, 1.82) is 0 Å². The van der Waals surface area contributed by atoms with Crippen molar-refractivity contribution in [2.45, 2.75) is 91.2 Å². The zero-order chi connectivity index (χ0) is 37.5. The number of fused-ring (bicyclic) bond motifs is 2. The van der Waals surface area contributed by atoms with E-state index in [4.69, 9.17) is 29.6 Å². The number of aromatic nitrogens is 6. The van der Waals surface area contributed by atoms with Crippen LogP contribution < -0.4 is 10.2 Å². The van der Waals surface area contributed by atoms with E-state index in [1.54, 1.807) is 11.3 Å². The topological polar surface area (TPSA) is 140 Å². The van der Waals surface area contributed by atoms with Crippen molar-refractivity contribution in [2.24, 2.45) is 16.2 Å². The molecule has 2 N–H and O–H groups in total. The lowest BCUT2D eigenvalue weighted by Gasteiger charge is -2.69. The van der Waals surface area contributed by atoms with Gasteiger partial charge in [0.25, 0.3) is 0 Å². The summed E-state index contributed by atoms with van der Waals surface area (Å²) in [7, 11) is 1.39. The number of para-hydroxylation sites is 1. The number of aliphatic hydroxyl groups is 1. The summed E-state index contributed by atoms with van der Waals surface area (Å²) in [5.74, 6) is 1.55. The number of thiazole rings is 1. The Kier molecular flexibility index (Phi) is 8.36. The van der Waals surface area contributed by atoms with Crippen molar-refractivity contribution in [3.8, 4) is 11.1 Å². The van der Waals surface area contributed by atoms with Gasteiger partial charge >= 0.3 is 5.97 Å². The molecule has 0 radical (unpaired) electrons. The van der Waals surface area contributed by atoms with Crippen LogP contribution in [0, 0.1) is 30.1 Å². The maximum absolute atomic E-state index is 13.4. The summed E-state index contributed by atoms with van der Waals surface area (Å²) in [5.41, 5.74) is 6.09. The Morgan fingerprint density at radius 3 is 2.54 bits per heavy atom. The number of hydrogen-bond donors (Lipinski definition) is 2. The molecule has 5 aromatic rings. The molecule has 282 valence electrons. The summed E-state index contributed by atoms with van der Waals surface area (Å²) in [5, 5.41) is 28.1. The largest absolute Gasteiger partial charge is 0.464 e. The van der Waals surface area contributed by atoms with E-state index in [0.717, 1.165) is 95.0 Å². The zero-order valence-corrected chi connectivity index (χ0v) is 32.6. The van der Waals surface area contributed by atoms with Gasteiger partial charge in [0.1, 0.15) is 5.82 Å². The van der Waals surface area contributed by atoms with Crippen LogP contribution in [0.2, 0.25) is 0 Å². The maximum atomic E-state index is 13.4. The number of nitrogens with zero attached hydrogens (tertiary/aromatic N) is 7. The fourth-order valence-corrected chi connectivity index (χ4v) is 12.5. The Morgan fingerprint density at radius 1 is 0.981 bits per heavy atom. The van der Waals surface area contributed by atoms with Gasteiger partial charge in [-0.1, -0.05) is 37.3 Å². The number of methoxy groups -OCH3 is 1. The number of esters is 1. The highest BCUT2D eigenvalue weighted by Gasteiger charge is 2.66. The van der Waals surface area contributed by atoms with Crippen LogP contribution in [-0.2, 0) is 22.4 Å². The number of carbonyl (C=O) groups excluding carboxylic acids is 1. The molecule has 4 bridgehead atoms. The van der Waals surface area contributed by atoms with E-state index in [2.05, 4.69) is 53.8 Å². The number of pyridine rings is 1. The zero-order valence-electron chi connectivity index (χ0n) is 31.7. The minimum Gasteiger partial charge on any atom is -0.464 e. The average Bonchev–Trinajstić information content (AvgIpc) is 3.71. The molecule has 0 amide bonds. The van der Waals surface area contributed by atoms with Gasteiger partial charge in [-0.05, 0) is 106 Å². The van der Waals surface area contributed by atoms with Crippen LogP contribution in [0.4, 0.5) is 22.6 Å². The van der Waals surface area contributed by atoms with Gasteiger partial charge < -0.3 is 24.8 Å². The number of carbonyl (C=O) groups is 1. The predicted octanol–water partition coefficient (Wildman–Crippen LogP) is 7.70. The summed E-state index contributed by atoms with van der Waals surface area (Å²) in [6, 6.07) is 12.0. The highest BCUT2D eigenvalue weighted by atomic mass is 32.1. The van der Waals surface area contributed by atoms with Gasteiger partial charge in [0, 0.05) is 41.0 Å². The molecule has 0 spiro atoms. The minimum atomic E-state index is -0.501. The molecular weight excluding hydrogens is 701 g/mol. The van der Waals surface area contributed by atoms with E-state index in [1.807, 2.05) is 36.5 Å². The molecule has 13 heteroatoms. The Bertz CT molecular complexity index is 2230. The van der Waals surface area contributed by atoms with E-state index >= 15 is 0 Å². The standard InChI is InChI=1S/C41H48N8O4S/c1-25-27-9-8-14-48(35(27)47-46-34(25)45-37-43-30-10-6-7-11-31(30)54-37)32-13-12-28(33(44-32)36(51)52-5)29-17-42-49(26(29)2)24-40-19-38(3)18-39(4,20-40)22-41(21-38,23-40)53-16-15-50/h6-7,10-13,17,50H,8-9,14-16,18-24H2,1-5H3,(H,43,45,46). The van der Waals surface area contributed by atoms with Crippen molar-refractivity contribution in [3.05, 3.63) is 65.1 Å². The van der Waals surface area contributed by atoms with Crippen LogP contribution in [0.1, 0.15) is 86.1 Å². The van der Waals surface area contributed by atoms with Crippen molar-refractivity contribution < 1.29 is 19.4 Å². The van der Waals surface area contributed by atoms with Crippen molar-refractivity contribution in [2.75, 3.05) is 37.1 Å². The van der Waals surface area contributed by atoms with E-state index in [9.17, 15) is 9.90 Å². The van der Waals surface area contributed by atoms with Crippen LogP contribution in [-0.4, -0.2) is 73.5 Å². The molecule has 0 saturated heterocycles. The van der Waals surface area contributed by atoms with Crippen LogP contribution in [0.25, 0.3) is 21.3 Å². The highest BCUT2D eigenvalue weighted by molar-refractivity contribution is 7.22. The van der Waals surface area contributed by atoms with Gasteiger partial charge in [-0.15, -0.1) is 10.2 Å². The third kappa shape index (κ3) is 5.95. The first kappa shape index (κ1) is 35.3. The Balaban J connectivity index is 1.01. The highest BCUT2D eigenvalue weighted by Crippen LogP contribution is 2.72. The first-order valence-corrected chi connectivity index (χ1v) is 19.9. The van der Waals surface area contributed by atoms with Gasteiger partial charge in [0.05, 0.1) is 42.3 Å². The molecule has 12 nitrogen and oxygen atoms in total. The van der Waals surface area contributed by atoms with Crippen molar-refractivity contribution in [3.63, 3.8) is 0 Å². The number of aliphatic hydroxyl groups excluding tert-OH is 1. The van der Waals surface area contributed by atoms with Gasteiger partial charge in [-0.2, -0.15) is 5.10 Å². The molecule has 1 aromatic carbocycles. The first-order chi connectivity index (χ1) is 25.9. The molecule has 4 aliphatic carbocycles. The second-order valence-electron chi connectivity index (χ2n) is 17.1. The fourth-order valence-electron chi connectivity index (χ4n) is 11.6. The molecule has 2 unspecified atom stereocenters. The molecule has 4 saturated carbocycles. The molecule has 10 rings (SSSR count). The van der Waals surface area contributed by atoms with E-state index in [-0.39, 0.29) is 34.1 Å². The molecule has 5 heterocycles. The van der Waals surface area contributed by atoms with Crippen LogP contribution in [0.3, 0.4) is 0 Å². The average molecular weight is 749 g/mol. The molecular formula is C41H48N8O4S. The Labute approximate surface area is 319 Å². The minimum absolute atomic E-state index is 0.0413. The van der Waals surface area contributed by atoms with Crippen LogP contribution in [0.15, 0.2) is 42.6 Å². The summed E-state index contributed by atoms with van der Waals surface area (Å²) >= 11 is 1.59. The summed E-state index contributed by atoms with van der Waals surface area (Å²) < 4.78 is 15.1. The number of nitrogens with one attached hydrogen (secondary N) is 1. The summed E-state index contributed by atoms with van der Waals surface area (Å²) in [6.45, 7) is 10.9. The summed E-state index contributed by atoms with van der Waals surface area (Å²) in [6.07, 6.45) is 10.2. The molecule has 5 aliphatic rings. The molecule has 1 aliphatic heterocycles. The smallest absolute Gasteiger partial charge is 0.357 e. The third-order valence-corrected chi connectivity index (χ3v) is 13.4. The lowest BCUT2D eigenvalue weighted by Crippen LogP contribution is -2.64. The van der Waals surface area contributed by atoms with Crippen LogP contribution >= 0.6 is 11.3 Å². The lowest BCUT2D eigenvalue weighted by molar-refractivity contribution is -0.250. The quantitative estimate of drug-likeness (QED) is 0.136. The van der Waals surface area contributed by atoms with Gasteiger partial charge in [-0.25, -0.2) is 14.8 Å². The van der Waals surface area contributed by atoms with E-state index in [1.165, 1.54) is 13.5 Å². The van der Waals surface area contributed by atoms with Gasteiger partial charge in [-0.3, -0.25) is 4.68 Å². The fraction of sp³-hybridized carbons (Fsp3) is 0.512. The van der Waals surface area contributed by atoms with Gasteiger partial charge in [0.2, 0.25) is 0 Å². The molecule has 2 atom stereocenters. The number of rotatable bonds is 10. The summed E-state index contributed by atoms with van der Waals surface area (Å²) in [4.78, 5) is 25.2. The second kappa shape index (κ2) is 12.8. The van der Waals surface area contributed by atoms with E-state index < -0.39 is 5.97 Å². The molecule has 4 fully saturated rings. The number of hydrogen-bond acceptors (Lipinski definition) is 12. The number of ether oxygens (including phenoxy) is 2. The number of benzene rings is 1. The second-order valence-corrected chi connectivity index (χ2v) is 18.2. The van der Waals surface area contributed by atoms with Crippen LogP contribution in [0.5, 0.6) is 0 Å². The normalized spacial score (nSPS) is 27.0. The Morgan fingerprint density at radius 2 is 1.78 bits per heavy atom. The SMILES string of the molecule is COC(=O)c1nc(N2CCCc3c2nnc(Nc2nc4ccccc4s2)c3C)ccc1-c1cnn(CC23CC4(C)CC(C)(C2)CC(OCCO)(C4)C3)c1C. The molecule has 54 heavy (non-hydrogen) atoms. The van der Waals surface area contributed by atoms with Crippen molar-refractivity contribution in [1.82, 2.24) is 29.9 Å². The molecule has 4 aromatic heterocycles. The lowest BCUT2D eigenvalue weighted by atomic mass is 9.39.